The summed E-state index contributed by atoms with van der Waals surface area (Å²) in [6.07, 6.45) is 0. The van der Waals surface area contributed by atoms with Crippen LogP contribution in [0.2, 0.25) is 0 Å². The molecule has 0 aliphatic rings. The van der Waals surface area contributed by atoms with E-state index in [4.69, 9.17) is 4.74 Å². The van der Waals surface area contributed by atoms with E-state index in [0.29, 0.717) is 6.61 Å². The number of hydrogen-bond acceptors (Lipinski definition) is 4. The molecule has 2 rings (SSSR count). The lowest BCUT2D eigenvalue weighted by Gasteiger charge is -2.04. The summed E-state index contributed by atoms with van der Waals surface area (Å²) in [5.41, 5.74) is 0.950. The normalized spacial score (nSPS) is 10.3. The number of benzene rings is 1. The van der Waals surface area contributed by atoms with Crippen molar-refractivity contribution in [2.75, 3.05) is 0 Å². The van der Waals surface area contributed by atoms with Crippen LogP contribution in [0.5, 0.6) is 5.75 Å². The van der Waals surface area contributed by atoms with Gasteiger partial charge in [-0.3, -0.25) is 0 Å². The molecule has 1 aromatic carbocycles. The van der Waals surface area contributed by atoms with Crippen molar-refractivity contribution in [3.63, 3.8) is 0 Å². The van der Waals surface area contributed by atoms with Crippen LogP contribution < -0.4 is 4.74 Å². The number of aryl methyl sites for hydroxylation is 1. The molecule has 0 saturated carbocycles. The molecule has 1 heterocycles. The zero-order chi connectivity index (χ0) is 10.7. The van der Waals surface area contributed by atoms with Gasteiger partial charge >= 0.3 is 0 Å². The predicted octanol–water partition coefficient (Wildman–Crippen LogP) is 3.03. The third-order valence-electron chi connectivity index (χ3n) is 1.91. The molecule has 3 nitrogen and oxygen atoms in total. The van der Waals surface area contributed by atoms with Crippen molar-refractivity contribution in [2.45, 2.75) is 13.5 Å². The van der Waals surface area contributed by atoms with Crippen LogP contribution in [0.15, 0.2) is 24.3 Å². The van der Waals surface area contributed by atoms with E-state index in [-0.39, 0.29) is 0 Å². The molecule has 0 atom stereocenters. The Labute approximate surface area is 106 Å². The molecule has 5 heteroatoms. The summed E-state index contributed by atoms with van der Waals surface area (Å²) in [5, 5.41) is 3.93. The van der Waals surface area contributed by atoms with Gasteiger partial charge in [-0.2, -0.15) is 0 Å². The summed E-state index contributed by atoms with van der Waals surface area (Å²) in [4.78, 5) is 1.08. The maximum absolute atomic E-state index is 5.64. The van der Waals surface area contributed by atoms with E-state index in [0.717, 1.165) is 16.3 Å². The Morgan fingerprint density at radius 2 is 2.33 bits per heavy atom. The second-order valence-corrected chi connectivity index (χ2v) is 5.11. The summed E-state index contributed by atoms with van der Waals surface area (Å²) in [5.74, 6) is 0.884. The van der Waals surface area contributed by atoms with Gasteiger partial charge in [0.05, 0.1) is 10.6 Å². The zero-order valence-corrected chi connectivity index (χ0v) is 11.1. The van der Waals surface area contributed by atoms with Crippen molar-refractivity contribution < 1.29 is 4.74 Å². The molecule has 0 bridgehead atoms. The Hall–Kier alpha value is -0.690. The van der Waals surface area contributed by atoms with Crippen LogP contribution in [0.4, 0.5) is 0 Å². The molecule has 0 amide bonds. The highest BCUT2D eigenvalue weighted by Gasteiger charge is 2.03. The SMILES string of the molecule is Cc1nnsc1COc1cccc(I)c1. The number of halogens is 1. The predicted molar refractivity (Wildman–Crippen MR) is 68.1 cm³/mol. The third kappa shape index (κ3) is 2.88. The minimum atomic E-state index is 0.545. The molecule has 78 valence electrons. The lowest BCUT2D eigenvalue weighted by atomic mass is 10.3. The lowest BCUT2D eigenvalue weighted by molar-refractivity contribution is 0.308. The molecule has 0 saturated heterocycles. The van der Waals surface area contributed by atoms with Gasteiger partial charge in [0.15, 0.2) is 0 Å². The first kappa shape index (κ1) is 10.8. The number of rotatable bonds is 3. The van der Waals surface area contributed by atoms with Crippen molar-refractivity contribution >= 4 is 34.1 Å². The van der Waals surface area contributed by atoms with Crippen LogP contribution in [0.3, 0.4) is 0 Å². The van der Waals surface area contributed by atoms with E-state index < -0.39 is 0 Å². The Balaban J connectivity index is 2.02. The molecule has 15 heavy (non-hydrogen) atoms. The highest BCUT2D eigenvalue weighted by molar-refractivity contribution is 14.1. The minimum absolute atomic E-state index is 0.545. The van der Waals surface area contributed by atoms with E-state index >= 15 is 0 Å². The van der Waals surface area contributed by atoms with Gasteiger partial charge < -0.3 is 4.74 Å². The minimum Gasteiger partial charge on any atom is -0.488 e. The van der Waals surface area contributed by atoms with Crippen molar-refractivity contribution in [1.82, 2.24) is 9.59 Å². The molecular formula is C10H9IN2OS. The fourth-order valence-corrected chi connectivity index (χ4v) is 2.15. The van der Waals surface area contributed by atoms with Gasteiger partial charge in [-0.1, -0.05) is 10.6 Å². The van der Waals surface area contributed by atoms with Gasteiger partial charge in [0, 0.05) is 3.57 Å². The quantitative estimate of drug-likeness (QED) is 0.811. The van der Waals surface area contributed by atoms with Gasteiger partial charge in [-0.15, -0.1) is 5.10 Å². The van der Waals surface area contributed by atoms with E-state index in [2.05, 4.69) is 32.2 Å². The van der Waals surface area contributed by atoms with Crippen LogP contribution in [0.1, 0.15) is 10.6 Å². The van der Waals surface area contributed by atoms with Crippen LogP contribution in [0.25, 0.3) is 0 Å². The van der Waals surface area contributed by atoms with Gasteiger partial charge in [0.2, 0.25) is 0 Å². The monoisotopic (exact) mass is 332 g/mol. The van der Waals surface area contributed by atoms with Crippen LogP contribution in [-0.4, -0.2) is 9.59 Å². The first-order chi connectivity index (χ1) is 7.25. The fraction of sp³-hybridized carbons (Fsp3) is 0.200. The van der Waals surface area contributed by atoms with Crippen molar-refractivity contribution in [3.8, 4) is 5.75 Å². The second-order valence-electron chi connectivity index (χ2n) is 3.03. The summed E-state index contributed by atoms with van der Waals surface area (Å²) >= 11 is 3.65. The summed E-state index contributed by atoms with van der Waals surface area (Å²) in [7, 11) is 0. The van der Waals surface area contributed by atoms with Gasteiger partial charge in [0.25, 0.3) is 0 Å². The first-order valence-electron chi connectivity index (χ1n) is 4.42. The van der Waals surface area contributed by atoms with Crippen LogP contribution in [-0.2, 0) is 6.61 Å². The number of ether oxygens (including phenoxy) is 1. The van der Waals surface area contributed by atoms with E-state index in [1.807, 2.05) is 31.2 Å². The molecule has 0 N–H and O–H groups in total. The largest absolute Gasteiger partial charge is 0.488 e. The Morgan fingerprint density at radius 3 is 3.00 bits per heavy atom. The lowest BCUT2D eigenvalue weighted by Crippen LogP contribution is -1.95. The average molecular weight is 332 g/mol. The maximum atomic E-state index is 5.64. The maximum Gasteiger partial charge on any atom is 0.126 e. The topological polar surface area (TPSA) is 35.0 Å². The summed E-state index contributed by atoms with van der Waals surface area (Å²) < 4.78 is 10.7. The van der Waals surface area contributed by atoms with E-state index in [1.165, 1.54) is 15.1 Å². The molecule has 0 fully saturated rings. The Morgan fingerprint density at radius 1 is 1.47 bits per heavy atom. The fourth-order valence-electron chi connectivity index (χ4n) is 1.09. The Kier molecular flexibility index (Phi) is 3.53. The first-order valence-corrected chi connectivity index (χ1v) is 6.27. The third-order valence-corrected chi connectivity index (χ3v) is 3.38. The van der Waals surface area contributed by atoms with E-state index in [9.17, 15) is 0 Å². The Bertz CT molecular complexity index is 458. The number of aromatic nitrogens is 2. The number of hydrogen-bond donors (Lipinski definition) is 0. The average Bonchev–Trinajstić information content (AvgIpc) is 2.61. The van der Waals surface area contributed by atoms with Gasteiger partial charge in [-0.05, 0) is 59.2 Å². The van der Waals surface area contributed by atoms with Gasteiger partial charge in [0.1, 0.15) is 12.4 Å². The molecule has 1 aromatic heterocycles. The molecule has 0 radical (unpaired) electrons. The van der Waals surface area contributed by atoms with Gasteiger partial charge in [-0.25, -0.2) is 0 Å². The highest BCUT2D eigenvalue weighted by atomic mass is 127. The van der Waals surface area contributed by atoms with Crippen LogP contribution >= 0.6 is 34.1 Å². The number of nitrogens with zero attached hydrogens (tertiary/aromatic N) is 2. The van der Waals surface area contributed by atoms with Crippen molar-refractivity contribution in [1.29, 1.82) is 0 Å². The standard InChI is InChI=1S/C10H9IN2OS/c1-7-10(15-13-12-7)6-14-9-4-2-3-8(11)5-9/h2-5H,6H2,1H3. The molecule has 2 aromatic rings. The molecule has 0 aliphatic carbocycles. The van der Waals surface area contributed by atoms with Crippen molar-refractivity contribution in [3.05, 3.63) is 38.4 Å². The smallest absolute Gasteiger partial charge is 0.126 e. The molecular weight excluding hydrogens is 323 g/mol. The summed E-state index contributed by atoms with van der Waals surface area (Å²) in [6.45, 7) is 2.49. The molecule has 0 aliphatic heterocycles. The second kappa shape index (κ2) is 4.89. The highest BCUT2D eigenvalue weighted by Crippen LogP contribution is 2.18. The molecule has 0 spiro atoms. The van der Waals surface area contributed by atoms with E-state index in [1.54, 1.807) is 0 Å². The molecule has 0 unspecified atom stereocenters. The summed E-state index contributed by atoms with van der Waals surface area (Å²) in [6, 6.07) is 7.97. The zero-order valence-electron chi connectivity index (χ0n) is 8.11. The van der Waals surface area contributed by atoms with Crippen LogP contribution in [0, 0.1) is 10.5 Å². The van der Waals surface area contributed by atoms with Crippen molar-refractivity contribution in [2.24, 2.45) is 0 Å².